The molecule has 0 fully saturated rings. The second-order valence-corrected chi connectivity index (χ2v) is 8.14. The van der Waals surface area contributed by atoms with Crippen LogP contribution in [0.15, 0.2) is 65.6 Å². The lowest BCUT2D eigenvalue weighted by molar-refractivity contribution is -0.135. The van der Waals surface area contributed by atoms with Gasteiger partial charge in [0, 0.05) is 17.1 Å². The molecule has 2 aromatic heterocycles. The van der Waals surface area contributed by atoms with E-state index in [-0.39, 0.29) is 12.0 Å². The van der Waals surface area contributed by atoms with Crippen LogP contribution < -0.4 is 20.3 Å². The van der Waals surface area contributed by atoms with E-state index < -0.39 is 41.3 Å². The van der Waals surface area contributed by atoms with E-state index in [0.29, 0.717) is 17.1 Å². The van der Waals surface area contributed by atoms with Crippen molar-refractivity contribution in [2.24, 2.45) is 0 Å². The highest BCUT2D eigenvalue weighted by molar-refractivity contribution is 6.04. The maximum absolute atomic E-state index is 13.6. The monoisotopic (exact) mass is 487 g/mol. The molecule has 4 aromatic rings. The molecule has 36 heavy (non-hydrogen) atoms. The lowest BCUT2D eigenvalue weighted by Crippen LogP contribution is -2.39. The number of nitrogens with zero attached hydrogens (tertiary/aromatic N) is 2. The molecule has 5 rings (SSSR count). The summed E-state index contributed by atoms with van der Waals surface area (Å²) in [6.07, 6.45) is 1.64. The first-order valence-electron chi connectivity index (χ1n) is 11.0. The summed E-state index contributed by atoms with van der Waals surface area (Å²) in [7, 11) is 1.55. The van der Waals surface area contributed by atoms with Gasteiger partial charge in [0.05, 0.1) is 18.7 Å². The number of rotatable bonds is 6. The Kier molecular flexibility index (Phi) is 5.77. The number of aromatic hydroxyl groups is 1. The lowest BCUT2D eigenvalue weighted by atomic mass is 9.99. The maximum Gasteiger partial charge on any atom is 0.322 e. The molecule has 3 N–H and O–H groups in total. The number of pyridine rings is 2. The number of aromatic nitrogens is 2. The van der Waals surface area contributed by atoms with E-state index in [1.54, 1.807) is 37.6 Å². The van der Waals surface area contributed by atoms with Gasteiger partial charge >= 0.3 is 5.97 Å². The molecule has 2 aromatic carbocycles. The molecular weight excluding hydrogens is 466 g/mol. The molecular formula is C26H21N3O7. The Morgan fingerprint density at radius 3 is 2.67 bits per heavy atom. The topological polar surface area (TPSA) is 140 Å². The minimum Gasteiger partial charge on any atom is -0.506 e. The molecule has 1 aliphatic heterocycles. The first-order chi connectivity index (χ1) is 17.4. The van der Waals surface area contributed by atoms with Crippen molar-refractivity contribution >= 4 is 22.8 Å². The van der Waals surface area contributed by atoms with Gasteiger partial charge in [-0.2, -0.15) is 0 Å². The zero-order valence-corrected chi connectivity index (χ0v) is 19.1. The van der Waals surface area contributed by atoms with Crippen molar-refractivity contribution in [1.29, 1.82) is 0 Å². The van der Waals surface area contributed by atoms with Crippen LogP contribution in [0.5, 0.6) is 17.4 Å². The number of methoxy groups -OCH3 is 1. The summed E-state index contributed by atoms with van der Waals surface area (Å²) in [6, 6.07) is 15.4. The summed E-state index contributed by atoms with van der Waals surface area (Å²) in [5.41, 5.74) is 1.48. The molecule has 0 saturated heterocycles. The third kappa shape index (κ3) is 3.78. The van der Waals surface area contributed by atoms with Crippen molar-refractivity contribution in [1.82, 2.24) is 14.9 Å². The molecule has 0 radical (unpaired) electrons. The highest BCUT2D eigenvalue weighted by atomic mass is 16.5. The number of aliphatic carboxylic acids is 1. The molecule has 0 aliphatic carbocycles. The second-order valence-electron chi connectivity index (χ2n) is 8.14. The number of nitrogens with one attached hydrogen (secondary N) is 1. The number of ether oxygens (including phenoxy) is 2. The molecule has 10 heteroatoms. The normalized spacial score (nSPS) is 14.2. The van der Waals surface area contributed by atoms with Gasteiger partial charge in [0.2, 0.25) is 5.88 Å². The largest absolute Gasteiger partial charge is 0.506 e. The van der Waals surface area contributed by atoms with Crippen LogP contribution >= 0.6 is 0 Å². The van der Waals surface area contributed by atoms with Gasteiger partial charge in [0.25, 0.3) is 11.5 Å². The van der Waals surface area contributed by atoms with E-state index in [0.717, 1.165) is 16.7 Å². The first kappa shape index (κ1) is 22.9. The van der Waals surface area contributed by atoms with Gasteiger partial charge in [-0.3, -0.25) is 19.0 Å². The zero-order valence-electron chi connectivity index (χ0n) is 19.1. The van der Waals surface area contributed by atoms with E-state index in [1.165, 1.54) is 4.57 Å². The van der Waals surface area contributed by atoms with Crippen LogP contribution in [-0.4, -0.2) is 51.9 Å². The van der Waals surface area contributed by atoms with Gasteiger partial charge in [-0.25, -0.2) is 4.98 Å². The van der Waals surface area contributed by atoms with Crippen LogP contribution in [0.1, 0.15) is 22.0 Å². The smallest absolute Gasteiger partial charge is 0.322 e. The van der Waals surface area contributed by atoms with Crippen molar-refractivity contribution in [3.8, 4) is 28.5 Å². The predicted octanol–water partition coefficient (Wildman–Crippen LogP) is 2.57. The Bertz CT molecular complexity index is 1560. The summed E-state index contributed by atoms with van der Waals surface area (Å²) in [6.45, 7) is -0.579. The van der Waals surface area contributed by atoms with Gasteiger partial charge < -0.3 is 25.0 Å². The number of carboxylic acid groups (broad SMARTS) is 1. The van der Waals surface area contributed by atoms with E-state index in [9.17, 15) is 19.5 Å². The molecule has 182 valence electrons. The molecule has 1 amide bonds. The van der Waals surface area contributed by atoms with Crippen molar-refractivity contribution in [2.45, 2.75) is 6.04 Å². The van der Waals surface area contributed by atoms with Crippen molar-refractivity contribution in [2.75, 3.05) is 20.3 Å². The minimum absolute atomic E-state index is 0.114. The van der Waals surface area contributed by atoms with Gasteiger partial charge in [0.15, 0.2) is 0 Å². The highest BCUT2D eigenvalue weighted by Crippen LogP contribution is 2.39. The fourth-order valence-corrected chi connectivity index (χ4v) is 4.43. The molecule has 0 saturated carbocycles. The average molecular weight is 487 g/mol. The Morgan fingerprint density at radius 2 is 1.94 bits per heavy atom. The molecule has 10 nitrogen and oxygen atoms in total. The third-order valence-corrected chi connectivity index (χ3v) is 6.07. The van der Waals surface area contributed by atoms with Gasteiger partial charge in [-0.1, -0.05) is 30.3 Å². The fourth-order valence-electron chi connectivity index (χ4n) is 4.43. The Balaban J connectivity index is 1.64. The number of benzene rings is 2. The predicted molar refractivity (Wildman–Crippen MR) is 130 cm³/mol. The number of carbonyl (C=O) groups is 2. The van der Waals surface area contributed by atoms with E-state index in [1.807, 2.05) is 30.3 Å². The summed E-state index contributed by atoms with van der Waals surface area (Å²) < 4.78 is 12.7. The molecule has 3 heterocycles. The molecule has 0 spiro atoms. The van der Waals surface area contributed by atoms with Gasteiger partial charge in [-0.15, -0.1) is 0 Å². The molecule has 0 bridgehead atoms. The maximum atomic E-state index is 13.6. The Hall–Kier alpha value is -4.86. The summed E-state index contributed by atoms with van der Waals surface area (Å²) >= 11 is 0. The highest BCUT2D eigenvalue weighted by Gasteiger charge is 2.31. The summed E-state index contributed by atoms with van der Waals surface area (Å²) in [5, 5.41) is 22.1. The molecule has 1 unspecified atom stereocenters. The number of hydrogen-bond donors (Lipinski definition) is 3. The Labute approximate surface area is 204 Å². The van der Waals surface area contributed by atoms with Crippen molar-refractivity contribution < 1.29 is 29.3 Å². The second kappa shape index (κ2) is 9.06. The van der Waals surface area contributed by atoms with Crippen LogP contribution in [-0.2, 0) is 4.79 Å². The minimum atomic E-state index is -1.27. The van der Waals surface area contributed by atoms with Crippen LogP contribution in [0.3, 0.4) is 0 Å². The molecule has 1 atom stereocenters. The van der Waals surface area contributed by atoms with Crippen LogP contribution in [0.25, 0.3) is 22.0 Å². The lowest BCUT2D eigenvalue weighted by Gasteiger charge is -2.29. The zero-order chi connectivity index (χ0) is 25.4. The quantitative estimate of drug-likeness (QED) is 0.377. The average Bonchev–Trinajstić information content (AvgIpc) is 2.90. The number of carbonyl (C=O) groups excluding carboxylic acids is 1. The van der Waals surface area contributed by atoms with E-state index >= 15 is 0 Å². The van der Waals surface area contributed by atoms with Crippen LogP contribution in [0.2, 0.25) is 0 Å². The summed E-state index contributed by atoms with van der Waals surface area (Å²) in [4.78, 5) is 41.4. The van der Waals surface area contributed by atoms with Crippen LogP contribution in [0.4, 0.5) is 0 Å². The van der Waals surface area contributed by atoms with E-state index in [4.69, 9.17) is 14.6 Å². The van der Waals surface area contributed by atoms with Crippen molar-refractivity contribution in [3.63, 3.8) is 0 Å². The molecule has 1 aliphatic rings. The SMILES string of the molecule is COc1ncccc1-c1ccc(C2COc3cccc4c(O)c(C(=O)NCC(=O)O)c(=O)n2c34)cc1. The standard InChI is InChI=1S/C26H21N3O7/c1-35-25-16(5-3-11-27-25)14-7-9-15(10-8-14)18-13-36-19-6-2-4-17-22(19)29(18)26(34)21(23(17)32)24(33)28-12-20(30)31/h2-11,18,32H,12-13H2,1H3,(H,28,33)(H,30,31). The number of hydrogen-bond acceptors (Lipinski definition) is 7. The van der Waals surface area contributed by atoms with Crippen molar-refractivity contribution in [3.05, 3.63) is 82.3 Å². The Morgan fingerprint density at radius 1 is 1.17 bits per heavy atom. The van der Waals surface area contributed by atoms with Gasteiger partial charge in [-0.05, 0) is 35.4 Å². The number of amides is 1. The van der Waals surface area contributed by atoms with Gasteiger partial charge in [0.1, 0.15) is 30.2 Å². The van der Waals surface area contributed by atoms with E-state index in [2.05, 4.69) is 10.3 Å². The number of para-hydroxylation sites is 1. The first-order valence-corrected chi connectivity index (χ1v) is 11.0. The fraction of sp³-hybridized carbons (Fsp3) is 0.154. The van der Waals surface area contributed by atoms with Crippen LogP contribution in [0, 0.1) is 0 Å². The summed E-state index contributed by atoms with van der Waals surface area (Å²) in [5.74, 6) is -1.90. The number of carboxylic acids is 1. The third-order valence-electron chi connectivity index (χ3n) is 6.07.